The third-order valence-corrected chi connectivity index (χ3v) is 11.0. The molecule has 18 N–H and O–H groups in total. The second-order valence-electron chi connectivity index (χ2n) is 19.4. The highest BCUT2D eigenvalue weighted by atomic mass is 16.4. The predicted octanol–water partition coefficient (Wildman–Crippen LogP) is -3.86. The number of carbonyl (C=O) groups excluding carboxylic acids is 10. The van der Waals surface area contributed by atoms with Crippen molar-refractivity contribution in [1.29, 1.82) is 0 Å². The number of nitrogens with two attached hydrogens (primary N) is 3. The Morgan fingerprint density at radius 1 is 0.479 bits per heavy atom. The molecule has 0 aliphatic rings. The Kier molecular flexibility index (Phi) is 27.7. The summed E-state index contributed by atoms with van der Waals surface area (Å²) in [6.45, 7) is 11.8. The Morgan fingerprint density at radius 2 is 0.849 bits per heavy atom. The van der Waals surface area contributed by atoms with Gasteiger partial charge in [0, 0.05) is 12.8 Å². The van der Waals surface area contributed by atoms with E-state index in [1.807, 2.05) is 0 Å². The molecule has 0 aliphatic heterocycles. The molecule has 26 nitrogen and oxygen atoms in total. The van der Waals surface area contributed by atoms with Gasteiger partial charge in [0.25, 0.3) is 0 Å². The molecule has 10 amide bonds. The number of rotatable bonds is 33. The maximum atomic E-state index is 14.4. The molecule has 0 aromatic heterocycles. The molecule has 410 valence electrons. The highest BCUT2D eigenvalue weighted by molar-refractivity contribution is 5.99. The second-order valence-corrected chi connectivity index (χ2v) is 19.4. The van der Waals surface area contributed by atoms with Gasteiger partial charge in [-0.25, -0.2) is 4.79 Å². The SMILES string of the molecule is CC(C)C[C@H](NC(=O)[C@H](Cc1ccc(O)cc1)NC(=O)[C@H](CC(C)C)NC(=O)[C@H](CC(C)C)NC(=O)[C@@H](N)CO)C(=O)N[C@@H](CC(N)=O)C(=O)N[C@@H](CCC(N)=O)C(=O)N[C@@H](CO)C(=O)N[C@H](C(=O)O)C(C)C. The van der Waals surface area contributed by atoms with E-state index in [0.29, 0.717) is 5.56 Å². The number of benzene rings is 1. The lowest BCUT2D eigenvalue weighted by Crippen LogP contribution is -2.61. The molecule has 0 saturated heterocycles. The lowest BCUT2D eigenvalue weighted by Gasteiger charge is -2.29. The van der Waals surface area contributed by atoms with Crippen molar-refractivity contribution in [3.8, 4) is 5.75 Å². The molecular weight excluding hydrogens is 959 g/mol. The van der Waals surface area contributed by atoms with Gasteiger partial charge in [-0.05, 0) is 67.1 Å². The normalized spacial score (nSPS) is 15.0. The molecule has 0 unspecified atom stereocenters. The molecule has 0 bridgehead atoms. The Balaban J connectivity index is 3.60. The van der Waals surface area contributed by atoms with Crippen LogP contribution in [-0.4, -0.2) is 153 Å². The molecule has 0 fully saturated rings. The van der Waals surface area contributed by atoms with Crippen molar-refractivity contribution in [3.63, 3.8) is 0 Å². The minimum absolute atomic E-state index is 0.0548. The standard InChI is InChI=1S/C47H77N11O15/c1-22(2)15-30(52-39(64)28(48)20-59)41(66)53-31(16-23(3)4)42(67)55-33(18-26-9-11-27(61)12-10-26)44(69)54-32(17-24(5)6)43(68)56-34(19-37(50)63)45(70)51-29(13-14-36(49)62)40(65)57-35(21-60)46(71)58-38(25(7)8)47(72)73/h9-12,22-25,28-35,38,59-61H,13-21,48H2,1-8H3,(H2,49,62)(H2,50,63)(H,51,70)(H,52,64)(H,53,66)(H,54,69)(H,55,67)(H,56,68)(H,57,65)(H,58,71)(H,72,73)/t28-,29-,30-,31-,32-,33-,34-,35-,38-/m0/s1. The van der Waals surface area contributed by atoms with Gasteiger partial charge in [0.05, 0.1) is 19.6 Å². The Morgan fingerprint density at radius 3 is 1.25 bits per heavy atom. The topological polar surface area (TPSA) is 443 Å². The molecule has 0 spiro atoms. The quantitative estimate of drug-likeness (QED) is 0.0320. The number of phenolic OH excluding ortho intramolecular Hbond substituents is 1. The van der Waals surface area contributed by atoms with Gasteiger partial charge >= 0.3 is 5.97 Å². The number of aromatic hydroxyl groups is 1. The summed E-state index contributed by atoms with van der Waals surface area (Å²) >= 11 is 0. The summed E-state index contributed by atoms with van der Waals surface area (Å²) in [5.41, 5.74) is 16.9. The van der Waals surface area contributed by atoms with E-state index in [9.17, 15) is 73.2 Å². The second kappa shape index (κ2) is 31.5. The molecule has 73 heavy (non-hydrogen) atoms. The van der Waals surface area contributed by atoms with Gasteiger partial charge in [0.15, 0.2) is 0 Å². The average Bonchev–Trinajstić information content (AvgIpc) is 3.29. The fraction of sp³-hybridized carbons (Fsp3) is 0.638. The van der Waals surface area contributed by atoms with E-state index in [1.54, 1.807) is 41.5 Å². The van der Waals surface area contributed by atoms with Gasteiger partial charge in [0.1, 0.15) is 60.1 Å². The first-order valence-corrected chi connectivity index (χ1v) is 24.0. The van der Waals surface area contributed by atoms with Gasteiger partial charge in [-0.1, -0.05) is 67.5 Å². The van der Waals surface area contributed by atoms with Crippen LogP contribution in [-0.2, 0) is 59.2 Å². The van der Waals surface area contributed by atoms with E-state index in [1.165, 1.54) is 38.1 Å². The number of phenols is 1. The number of aliphatic hydroxyl groups excluding tert-OH is 2. The minimum Gasteiger partial charge on any atom is -0.508 e. The molecule has 0 heterocycles. The molecule has 26 heteroatoms. The number of nitrogens with one attached hydrogen (secondary N) is 8. The third kappa shape index (κ3) is 23.9. The maximum Gasteiger partial charge on any atom is 0.326 e. The van der Waals surface area contributed by atoms with Crippen molar-refractivity contribution in [2.75, 3.05) is 13.2 Å². The highest BCUT2D eigenvalue weighted by Gasteiger charge is 2.36. The summed E-state index contributed by atoms with van der Waals surface area (Å²) in [6.07, 6.45) is -2.00. The first-order valence-electron chi connectivity index (χ1n) is 24.0. The first-order chi connectivity index (χ1) is 34.0. The number of hydrogen-bond donors (Lipinski definition) is 15. The molecule has 0 radical (unpaired) electrons. The molecule has 1 rings (SSSR count). The number of carboxylic acids is 1. The van der Waals surface area contributed by atoms with Crippen molar-refractivity contribution in [2.24, 2.45) is 40.9 Å². The molecular formula is C47H77N11O15. The molecule has 0 saturated carbocycles. The van der Waals surface area contributed by atoms with Crippen molar-refractivity contribution in [2.45, 2.75) is 155 Å². The number of amides is 10. The number of hydrogen-bond acceptors (Lipinski definition) is 15. The van der Waals surface area contributed by atoms with E-state index in [-0.39, 0.29) is 49.2 Å². The Labute approximate surface area is 424 Å². The minimum atomic E-state index is -1.84. The molecule has 1 aromatic carbocycles. The fourth-order valence-corrected chi connectivity index (χ4v) is 7.11. The van der Waals surface area contributed by atoms with Crippen LogP contribution in [0, 0.1) is 23.7 Å². The van der Waals surface area contributed by atoms with Crippen molar-refractivity contribution >= 4 is 65.0 Å². The largest absolute Gasteiger partial charge is 0.508 e. The van der Waals surface area contributed by atoms with Crippen molar-refractivity contribution in [3.05, 3.63) is 29.8 Å². The van der Waals surface area contributed by atoms with Gasteiger partial charge in [-0.2, -0.15) is 0 Å². The van der Waals surface area contributed by atoms with Crippen molar-refractivity contribution < 1.29 is 73.2 Å². The zero-order chi connectivity index (χ0) is 55.9. The Hall–Kier alpha value is -6.93. The summed E-state index contributed by atoms with van der Waals surface area (Å²) < 4.78 is 0. The van der Waals surface area contributed by atoms with Gasteiger partial charge in [0.2, 0.25) is 59.1 Å². The Bertz CT molecular complexity index is 2070. The van der Waals surface area contributed by atoms with Gasteiger partial charge in [-0.15, -0.1) is 0 Å². The van der Waals surface area contributed by atoms with Gasteiger partial charge < -0.3 is 80.2 Å². The number of aliphatic carboxylic acids is 1. The zero-order valence-electron chi connectivity index (χ0n) is 42.7. The van der Waals surface area contributed by atoms with E-state index in [4.69, 9.17) is 17.2 Å². The molecule has 9 atom stereocenters. The van der Waals surface area contributed by atoms with Crippen LogP contribution < -0.4 is 59.7 Å². The number of primary amides is 2. The van der Waals surface area contributed by atoms with E-state index < -0.39 is 158 Å². The van der Waals surface area contributed by atoms with E-state index in [2.05, 4.69) is 42.5 Å². The van der Waals surface area contributed by atoms with Crippen LogP contribution in [0.5, 0.6) is 5.75 Å². The van der Waals surface area contributed by atoms with Crippen LogP contribution >= 0.6 is 0 Å². The molecule has 0 aliphatic carbocycles. The molecule has 1 aromatic rings. The zero-order valence-corrected chi connectivity index (χ0v) is 42.7. The van der Waals surface area contributed by atoms with Crippen LogP contribution in [0.2, 0.25) is 0 Å². The van der Waals surface area contributed by atoms with Crippen LogP contribution in [0.25, 0.3) is 0 Å². The number of carboxylic acid groups (broad SMARTS) is 1. The lowest BCUT2D eigenvalue weighted by atomic mass is 9.98. The van der Waals surface area contributed by atoms with Crippen molar-refractivity contribution in [1.82, 2.24) is 42.5 Å². The van der Waals surface area contributed by atoms with Gasteiger partial charge in [-0.3, -0.25) is 47.9 Å². The summed E-state index contributed by atoms with van der Waals surface area (Å²) in [5, 5.41) is 58.2. The van der Waals surface area contributed by atoms with Crippen LogP contribution in [0.4, 0.5) is 0 Å². The summed E-state index contributed by atoms with van der Waals surface area (Å²) in [5.74, 6) is -12.6. The first kappa shape index (κ1) is 64.1. The maximum absolute atomic E-state index is 14.4. The lowest BCUT2D eigenvalue weighted by molar-refractivity contribution is -0.144. The average molecular weight is 1040 g/mol. The summed E-state index contributed by atoms with van der Waals surface area (Å²) in [6, 6.07) is -7.79. The number of carbonyl (C=O) groups is 11. The number of aliphatic hydroxyl groups is 2. The van der Waals surface area contributed by atoms with Crippen LogP contribution in [0.3, 0.4) is 0 Å². The van der Waals surface area contributed by atoms with Crippen LogP contribution in [0.15, 0.2) is 24.3 Å². The summed E-state index contributed by atoms with van der Waals surface area (Å²) in [7, 11) is 0. The third-order valence-electron chi connectivity index (χ3n) is 11.0. The highest BCUT2D eigenvalue weighted by Crippen LogP contribution is 2.15. The van der Waals surface area contributed by atoms with E-state index >= 15 is 0 Å². The monoisotopic (exact) mass is 1040 g/mol. The van der Waals surface area contributed by atoms with E-state index in [0.717, 1.165) is 0 Å². The summed E-state index contributed by atoms with van der Waals surface area (Å²) in [4.78, 5) is 145. The van der Waals surface area contributed by atoms with Crippen LogP contribution in [0.1, 0.15) is 99.5 Å². The fourth-order valence-electron chi connectivity index (χ4n) is 7.11. The smallest absolute Gasteiger partial charge is 0.326 e. The predicted molar refractivity (Wildman–Crippen MR) is 262 cm³/mol.